The smallest absolute Gasteiger partial charge is 0.270 e. The first-order valence-corrected chi connectivity index (χ1v) is 10.0. The number of amides is 1. The van der Waals surface area contributed by atoms with Gasteiger partial charge in [0, 0.05) is 12.6 Å². The summed E-state index contributed by atoms with van der Waals surface area (Å²) in [6.45, 7) is -0.236. The zero-order valence-electron chi connectivity index (χ0n) is 13.7. The van der Waals surface area contributed by atoms with Gasteiger partial charge in [0.25, 0.3) is 15.9 Å². The highest BCUT2D eigenvalue weighted by Crippen LogP contribution is 2.22. The van der Waals surface area contributed by atoms with Crippen molar-refractivity contribution in [2.24, 2.45) is 17.0 Å². The number of nitrogens with zero attached hydrogens (tertiary/aromatic N) is 3. The highest BCUT2D eigenvalue weighted by atomic mass is 32.2. The maximum absolute atomic E-state index is 12.2. The molecule has 0 atom stereocenters. The molecular formula is C17H14N4O3S2. The highest BCUT2D eigenvalue weighted by molar-refractivity contribution is 7.90. The summed E-state index contributed by atoms with van der Waals surface area (Å²) in [5.74, 6) is -0.270. The van der Waals surface area contributed by atoms with Crippen LogP contribution in [0.4, 0.5) is 0 Å². The lowest BCUT2D eigenvalue weighted by atomic mass is 10.2. The van der Waals surface area contributed by atoms with E-state index in [1.165, 1.54) is 17.4 Å². The number of thiazole rings is 1. The van der Waals surface area contributed by atoms with Gasteiger partial charge in [0.1, 0.15) is 12.4 Å². The first-order chi connectivity index (χ1) is 12.5. The van der Waals surface area contributed by atoms with E-state index < -0.39 is 15.9 Å². The molecule has 0 fully saturated rings. The Balaban J connectivity index is 1.63. The first-order valence-electron chi connectivity index (χ1n) is 7.74. The molecule has 0 saturated carbocycles. The summed E-state index contributed by atoms with van der Waals surface area (Å²) in [6.07, 6.45) is 0. The topological polar surface area (TPSA) is 92.9 Å². The number of hydrogen-bond donors (Lipinski definition) is 1. The average molecular weight is 386 g/mol. The van der Waals surface area contributed by atoms with Gasteiger partial charge in [0.05, 0.1) is 15.1 Å². The Hall–Kier alpha value is -2.78. The summed E-state index contributed by atoms with van der Waals surface area (Å²) in [7, 11) is -1.76. The van der Waals surface area contributed by atoms with E-state index in [1.54, 1.807) is 18.2 Å². The van der Waals surface area contributed by atoms with Crippen molar-refractivity contribution in [3.63, 3.8) is 0 Å². The SMILES string of the molecule is Cn1c(=NC(=O)CN=C2NS(=O)(=O)c3ccccc32)sc2ccccc21. The van der Waals surface area contributed by atoms with Crippen LogP contribution in [0.5, 0.6) is 0 Å². The minimum Gasteiger partial charge on any atom is -0.319 e. The number of hydrogen-bond acceptors (Lipinski definition) is 5. The molecule has 0 unspecified atom stereocenters. The van der Waals surface area contributed by atoms with E-state index in [9.17, 15) is 13.2 Å². The molecular weight excluding hydrogens is 372 g/mol. The standard InChI is InChI=1S/C17H14N4O3S2/c1-21-12-7-3-4-8-13(12)25-17(21)19-15(22)10-18-16-11-6-2-5-9-14(11)26(23,24)20-16/h2-9H,10H2,1H3,(H,18,20). The summed E-state index contributed by atoms with van der Waals surface area (Å²) in [6, 6.07) is 14.3. The normalized spacial score (nSPS) is 17.4. The van der Waals surface area contributed by atoms with E-state index in [4.69, 9.17) is 0 Å². The number of fused-ring (bicyclic) bond motifs is 2. The fourth-order valence-electron chi connectivity index (χ4n) is 2.73. The van der Waals surface area contributed by atoms with Gasteiger partial charge in [0.2, 0.25) is 0 Å². The summed E-state index contributed by atoms with van der Waals surface area (Å²) >= 11 is 1.41. The van der Waals surface area contributed by atoms with Gasteiger partial charge in [-0.3, -0.25) is 14.5 Å². The Morgan fingerprint density at radius 2 is 1.88 bits per heavy atom. The fraction of sp³-hybridized carbons (Fsp3) is 0.118. The Morgan fingerprint density at radius 1 is 1.15 bits per heavy atom. The number of aromatic nitrogens is 1. The molecule has 3 aromatic rings. The molecule has 0 bridgehead atoms. The predicted molar refractivity (Wildman–Crippen MR) is 99.5 cm³/mol. The number of amidine groups is 1. The predicted octanol–water partition coefficient (Wildman–Crippen LogP) is 1.41. The number of aliphatic imine (C=N–C) groups is 1. The number of aryl methyl sites for hydroxylation is 1. The quantitative estimate of drug-likeness (QED) is 0.722. The third-order valence-corrected chi connectivity index (χ3v) is 6.48. The van der Waals surface area contributed by atoms with Gasteiger partial charge in [-0.1, -0.05) is 35.6 Å². The molecule has 7 nitrogen and oxygen atoms in total. The molecule has 2 heterocycles. The van der Waals surface area contributed by atoms with Gasteiger partial charge in [-0.25, -0.2) is 8.42 Å². The summed E-state index contributed by atoms with van der Waals surface area (Å²) < 4.78 is 29.3. The lowest BCUT2D eigenvalue weighted by molar-refractivity contribution is -0.116. The number of benzene rings is 2. The summed E-state index contributed by atoms with van der Waals surface area (Å²) in [5, 5.41) is 0. The Bertz CT molecular complexity index is 1240. The Kier molecular flexibility index (Phi) is 3.97. The van der Waals surface area contributed by atoms with Gasteiger partial charge in [0.15, 0.2) is 4.80 Å². The molecule has 1 N–H and O–H groups in total. The summed E-state index contributed by atoms with van der Waals surface area (Å²) in [5.41, 5.74) is 1.46. The number of nitrogens with one attached hydrogen (secondary N) is 1. The third-order valence-electron chi connectivity index (χ3n) is 3.97. The molecule has 1 aromatic heterocycles. The second-order valence-corrected chi connectivity index (χ2v) is 8.34. The molecule has 1 aliphatic rings. The van der Waals surface area contributed by atoms with Crippen LogP contribution in [0.2, 0.25) is 0 Å². The van der Waals surface area contributed by atoms with Crippen LogP contribution in [-0.2, 0) is 21.9 Å². The molecule has 0 spiro atoms. The van der Waals surface area contributed by atoms with Crippen LogP contribution in [0.15, 0.2) is 63.4 Å². The molecule has 1 aliphatic heterocycles. The van der Waals surface area contributed by atoms with Crippen molar-refractivity contribution in [1.29, 1.82) is 0 Å². The zero-order chi connectivity index (χ0) is 18.3. The van der Waals surface area contributed by atoms with Crippen molar-refractivity contribution in [1.82, 2.24) is 9.29 Å². The van der Waals surface area contributed by atoms with Crippen LogP contribution in [0.1, 0.15) is 5.56 Å². The molecule has 4 rings (SSSR count). The lowest BCUT2D eigenvalue weighted by Gasteiger charge is -1.97. The average Bonchev–Trinajstić information content (AvgIpc) is 3.08. The number of sulfonamides is 1. The van der Waals surface area contributed by atoms with Crippen molar-refractivity contribution in [3.8, 4) is 0 Å². The van der Waals surface area contributed by atoms with Crippen LogP contribution in [0.25, 0.3) is 10.2 Å². The molecule has 9 heteroatoms. The van der Waals surface area contributed by atoms with E-state index in [0.29, 0.717) is 10.4 Å². The van der Waals surface area contributed by atoms with Gasteiger partial charge in [-0.2, -0.15) is 4.99 Å². The van der Waals surface area contributed by atoms with Crippen LogP contribution in [-0.4, -0.2) is 31.3 Å². The van der Waals surface area contributed by atoms with Crippen molar-refractivity contribution in [3.05, 3.63) is 58.9 Å². The number of carbonyl (C=O) groups is 1. The molecule has 0 aliphatic carbocycles. The van der Waals surface area contributed by atoms with E-state index in [1.807, 2.05) is 35.9 Å². The number of carbonyl (C=O) groups excluding carboxylic acids is 1. The monoisotopic (exact) mass is 386 g/mol. The van der Waals surface area contributed by atoms with Gasteiger partial charge in [-0.15, -0.1) is 0 Å². The van der Waals surface area contributed by atoms with Crippen LogP contribution >= 0.6 is 11.3 Å². The van der Waals surface area contributed by atoms with Gasteiger partial charge >= 0.3 is 0 Å². The van der Waals surface area contributed by atoms with Gasteiger partial charge in [-0.05, 0) is 24.3 Å². The maximum atomic E-state index is 12.2. The Morgan fingerprint density at radius 3 is 2.69 bits per heavy atom. The van der Waals surface area contributed by atoms with Crippen LogP contribution < -0.4 is 9.52 Å². The van der Waals surface area contributed by atoms with Crippen molar-refractivity contribution in [2.75, 3.05) is 6.54 Å². The first kappa shape index (κ1) is 16.7. The highest BCUT2D eigenvalue weighted by Gasteiger charge is 2.30. The molecule has 1 amide bonds. The number of rotatable bonds is 2. The minimum absolute atomic E-state index is 0.166. The molecule has 2 aromatic carbocycles. The Labute approximate surface area is 153 Å². The second-order valence-electron chi connectivity index (χ2n) is 5.68. The van der Waals surface area contributed by atoms with Crippen LogP contribution in [0.3, 0.4) is 0 Å². The van der Waals surface area contributed by atoms with Crippen LogP contribution in [0, 0.1) is 0 Å². The second kappa shape index (κ2) is 6.19. The van der Waals surface area contributed by atoms with Crippen molar-refractivity contribution < 1.29 is 13.2 Å². The molecule has 132 valence electrons. The molecule has 0 saturated heterocycles. The minimum atomic E-state index is -3.61. The maximum Gasteiger partial charge on any atom is 0.270 e. The van der Waals surface area contributed by atoms with Crippen molar-refractivity contribution >= 4 is 43.3 Å². The van der Waals surface area contributed by atoms with E-state index in [2.05, 4.69) is 14.7 Å². The summed E-state index contributed by atoms with van der Waals surface area (Å²) in [4.78, 5) is 21.2. The molecule has 26 heavy (non-hydrogen) atoms. The zero-order valence-corrected chi connectivity index (χ0v) is 15.3. The molecule has 0 radical (unpaired) electrons. The largest absolute Gasteiger partial charge is 0.319 e. The third kappa shape index (κ3) is 2.85. The van der Waals surface area contributed by atoms with E-state index >= 15 is 0 Å². The van der Waals surface area contributed by atoms with Crippen molar-refractivity contribution in [2.45, 2.75) is 4.90 Å². The lowest BCUT2D eigenvalue weighted by Crippen LogP contribution is -2.23. The van der Waals surface area contributed by atoms with Gasteiger partial charge < -0.3 is 4.57 Å². The van der Waals surface area contributed by atoms with E-state index in [0.717, 1.165) is 10.2 Å². The fourth-order valence-corrected chi connectivity index (χ4v) is 5.01. The number of para-hydroxylation sites is 1. The van der Waals surface area contributed by atoms with E-state index in [-0.39, 0.29) is 17.3 Å².